The van der Waals surface area contributed by atoms with Crippen molar-refractivity contribution in [2.24, 2.45) is 10.8 Å². The molecular weight excluding hydrogens is 602 g/mol. The summed E-state index contributed by atoms with van der Waals surface area (Å²) >= 11 is 0. The van der Waals surface area contributed by atoms with Crippen LogP contribution in [0.3, 0.4) is 0 Å². The minimum Gasteiger partial charge on any atom is -0.453 e. The number of nitrogens with zero attached hydrogens (tertiary/aromatic N) is 5. The number of ether oxygens (including phenoxy) is 2. The molecule has 3 aliphatic carbocycles. The molecule has 0 spiro atoms. The van der Waals surface area contributed by atoms with E-state index in [1.165, 1.54) is 4.52 Å². The molecule has 0 radical (unpaired) electrons. The third kappa shape index (κ3) is 5.69. The highest BCUT2D eigenvalue weighted by molar-refractivity contribution is 5.96. The van der Waals surface area contributed by atoms with Crippen molar-refractivity contribution < 1.29 is 41.4 Å². The predicted molar refractivity (Wildman–Crippen MR) is 151 cm³/mol. The van der Waals surface area contributed by atoms with E-state index < -0.39 is 35.0 Å². The lowest BCUT2D eigenvalue weighted by Crippen LogP contribution is -2.67. The first-order valence-electron chi connectivity index (χ1n) is 14.1. The molecule has 2 N–H and O–H groups in total. The van der Waals surface area contributed by atoms with E-state index >= 15 is 0 Å². The van der Waals surface area contributed by atoms with Crippen molar-refractivity contribution in [1.29, 1.82) is 0 Å². The number of hydrogen-bond acceptors (Lipinski definition) is 9. The molecule has 4 aliphatic rings. The molecule has 0 unspecified atom stereocenters. The van der Waals surface area contributed by atoms with Crippen molar-refractivity contribution in [3.8, 4) is 11.4 Å². The average Bonchev–Trinajstić information content (AvgIpc) is 3.38. The number of anilines is 2. The third-order valence-electron chi connectivity index (χ3n) is 8.64. The van der Waals surface area contributed by atoms with Gasteiger partial charge in [0.15, 0.2) is 23.3 Å². The number of hydrogen-bond donors (Lipinski definition) is 2. The van der Waals surface area contributed by atoms with Gasteiger partial charge in [-0.1, -0.05) is 6.58 Å². The molecule has 45 heavy (non-hydrogen) atoms. The summed E-state index contributed by atoms with van der Waals surface area (Å²) in [4.78, 5) is 46.2. The van der Waals surface area contributed by atoms with Crippen LogP contribution >= 0.6 is 0 Å². The maximum atomic E-state index is 14.2. The summed E-state index contributed by atoms with van der Waals surface area (Å²) in [6.45, 7) is 4.44. The average molecular weight is 632 g/mol. The molecule has 0 aromatic carbocycles. The van der Waals surface area contributed by atoms with Crippen LogP contribution in [-0.4, -0.2) is 77.3 Å². The van der Waals surface area contributed by atoms with Crippen LogP contribution in [0.25, 0.3) is 16.9 Å². The summed E-state index contributed by atoms with van der Waals surface area (Å²) in [6.07, 6.45) is -0.590. The Hall–Kier alpha value is -4.60. The van der Waals surface area contributed by atoms with Gasteiger partial charge in [-0.3, -0.25) is 14.9 Å². The van der Waals surface area contributed by atoms with Gasteiger partial charge in [-0.2, -0.15) is 13.2 Å². The zero-order valence-electron chi connectivity index (χ0n) is 24.2. The number of alkyl halides is 3. The Morgan fingerprint density at radius 3 is 2.51 bits per heavy atom. The minimum atomic E-state index is -4.82. The van der Waals surface area contributed by atoms with Crippen molar-refractivity contribution >= 4 is 34.9 Å². The topological polar surface area (TPSA) is 140 Å². The van der Waals surface area contributed by atoms with Crippen molar-refractivity contribution in [2.75, 3.05) is 50.2 Å². The number of pyridine rings is 1. The Balaban J connectivity index is 1.29. The van der Waals surface area contributed by atoms with Gasteiger partial charge >= 0.3 is 12.3 Å². The minimum absolute atomic E-state index is 0.125. The van der Waals surface area contributed by atoms with E-state index in [-0.39, 0.29) is 34.9 Å². The highest BCUT2D eigenvalue weighted by Crippen LogP contribution is 2.74. The van der Waals surface area contributed by atoms with E-state index in [0.717, 1.165) is 18.9 Å². The fraction of sp³-hybridized carbons (Fsp3) is 0.448. The lowest BCUT2D eigenvalue weighted by Gasteiger charge is -2.70. The second kappa shape index (κ2) is 11.1. The van der Waals surface area contributed by atoms with Gasteiger partial charge in [-0.25, -0.2) is 23.7 Å². The number of ketones is 1. The van der Waals surface area contributed by atoms with Crippen LogP contribution in [-0.2, 0) is 31.7 Å². The predicted octanol–water partition coefficient (Wildman–Crippen LogP) is 3.71. The molecule has 1 saturated heterocycles. The van der Waals surface area contributed by atoms with Gasteiger partial charge in [0, 0.05) is 30.9 Å². The van der Waals surface area contributed by atoms with E-state index in [1.54, 1.807) is 6.20 Å². The third-order valence-corrected chi connectivity index (χ3v) is 8.64. The smallest absolute Gasteiger partial charge is 0.417 e. The number of Topliss-reactive ketones (excluding diaryl/α,β-unsaturated/α-hetero) is 1. The maximum Gasteiger partial charge on any atom is 0.417 e. The van der Waals surface area contributed by atoms with E-state index in [1.807, 2.05) is 11.0 Å². The number of carbonyl (C=O) groups is 3. The maximum absolute atomic E-state index is 14.2. The first-order chi connectivity index (χ1) is 21.3. The lowest BCUT2D eigenvalue weighted by molar-refractivity contribution is -0.203. The van der Waals surface area contributed by atoms with Crippen molar-refractivity contribution in [1.82, 2.24) is 24.9 Å². The lowest BCUT2D eigenvalue weighted by atomic mass is 9.33. The number of amides is 2. The molecule has 4 heterocycles. The van der Waals surface area contributed by atoms with E-state index in [4.69, 9.17) is 4.74 Å². The number of rotatable bonds is 9. The summed E-state index contributed by atoms with van der Waals surface area (Å²) in [6, 6.07) is 2.61. The number of carbonyl (C=O) groups excluding carboxylic acids is 3. The number of methoxy groups -OCH3 is 1. The molecule has 238 valence electrons. The molecule has 3 aromatic heterocycles. The largest absolute Gasteiger partial charge is 0.453 e. The van der Waals surface area contributed by atoms with E-state index in [0.29, 0.717) is 69.4 Å². The molecule has 16 heteroatoms. The van der Waals surface area contributed by atoms with Crippen LogP contribution in [0.4, 0.5) is 34.0 Å². The molecule has 3 aromatic rings. The molecular formula is C29H29F4N7O5. The van der Waals surface area contributed by atoms with Crippen molar-refractivity contribution in [2.45, 2.75) is 31.9 Å². The summed E-state index contributed by atoms with van der Waals surface area (Å²) in [5, 5.41) is 8.84. The second-order valence-corrected chi connectivity index (χ2v) is 11.8. The Morgan fingerprint density at radius 2 is 1.87 bits per heavy atom. The summed E-state index contributed by atoms with van der Waals surface area (Å²) in [7, 11) is 1.08. The fourth-order valence-electron chi connectivity index (χ4n) is 6.71. The van der Waals surface area contributed by atoms with E-state index in [9.17, 15) is 31.9 Å². The molecule has 3 saturated carbocycles. The monoisotopic (exact) mass is 631 g/mol. The molecule has 4 fully saturated rings. The summed E-state index contributed by atoms with van der Waals surface area (Å²) < 4.78 is 67.1. The standard InChI is InChI=1S/C29H29F4N7O5/c1-16(30)25(42)35-11-21(41)28-13-27(14-28,15-28)9-17-7-20-24(39-3-5-45-6-4-39)37-23(38-40(20)12-17)18-10-34-22(36-26(43)44-2)8-19(18)29(31,32)33/h7-8,10,12H,1,3-6,9,11,13-15H2,2H3,(H,35,42)(H,34,36,43)/t27-,28+. The zero-order chi connectivity index (χ0) is 32.1. The fourth-order valence-corrected chi connectivity index (χ4v) is 6.71. The molecule has 12 nitrogen and oxygen atoms in total. The Kier molecular flexibility index (Phi) is 7.49. The number of halogens is 4. The van der Waals surface area contributed by atoms with Crippen LogP contribution in [0, 0.1) is 10.8 Å². The van der Waals surface area contributed by atoms with E-state index in [2.05, 4.69) is 37.0 Å². The van der Waals surface area contributed by atoms with Crippen LogP contribution in [0.5, 0.6) is 0 Å². The highest BCUT2D eigenvalue weighted by Gasteiger charge is 2.70. The van der Waals surface area contributed by atoms with Gasteiger partial charge in [0.1, 0.15) is 11.3 Å². The van der Waals surface area contributed by atoms with Gasteiger partial charge in [0.05, 0.1) is 38.0 Å². The second-order valence-electron chi connectivity index (χ2n) is 11.8. The van der Waals surface area contributed by atoms with Gasteiger partial charge in [0.2, 0.25) is 0 Å². The first kappa shape index (κ1) is 30.4. The molecule has 2 amide bonds. The van der Waals surface area contributed by atoms with Gasteiger partial charge in [-0.15, -0.1) is 5.10 Å². The molecule has 1 aliphatic heterocycles. The molecule has 7 rings (SSSR count). The Morgan fingerprint density at radius 1 is 1.16 bits per heavy atom. The SMILES string of the molecule is C=C(F)C(=O)NCC(=O)[C@]12C[C@@](Cc3cc4c(N5CCOCC5)nc(-c5cnc(NC(=O)OC)cc5C(F)(F)F)nn4c3)(C1)C2. The van der Waals surface area contributed by atoms with Gasteiger partial charge < -0.3 is 19.7 Å². The normalized spacial score (nSPS) is 22.3. The number of aromatic nitrogens is 4. The molecule has 0 atom stereocenters. The van der Waals surface area contributed by atoms with Gasteiger partial charge in [-0.05, 0) is 48.8 Å². The van der Waals surface area contributed by atoms with Crippen molar-refractivity contribution in [3.63, 3.8) is 0 Å². The van der Waals surface area contributed by atoms with Crippen LogP contribution in [0.15, 0.2) is 36.9 Å². The molecule has 2 bridgehead atoms. The summed E-state index contributed by atoms with van der Waals surface area (Å²) in [5.41, 5.74) is -0.628. The number of morpholine rings is 1. The van der Waals surface area contributed by atoms with Crippen molar-refractivity contribution in [3.05, 3.63) is 48.1 Å². The van der Waals surface area contributed by atoms with Crippen LogP contribution in [0.2, 0.25) is 0 Å². The van der Waals surface area contributed by atoms with Crippen LogP contribution in [0.1, 0.15) is 30.4 Å². The number of fused-ring (bicyclic) bond motifs is 1. The number of nitrogens with one attached hydrogen (secondary N) is 2. The quantitative estimate of drug-likeness (QED) is 0.267. The Bertz CT molecular complexity index is 1700. The first-order valence-corrected chi connectivity index (χ1v) is 14.1. The Labute approximate surface area is 253 Å². The zero-order valence-corrected chi connectivity index (χ0v) is 24.2. The van der Waals surface area contributed by atoms with Gasteiger partial charge in [0.25, 0.3) is 5.91 Å². The highest BCUT2D eigenvalue weighted by atomic mass is 19.4. The van der Waals surface area contributed by atoms with Crippen LogP contribution < -0.4 is 15.5 Å². The summed E-state index contributed by atoms with van der Waals surface area (Å²) in [5.74, 6) is -2.42.